The van der Waals surface area contributed by atoms with E-state index < -0.39 is 16.6 Å². The summed E-state index contributed by atoms with van der Waals surface area (Å²) in [6, 6.07) is 3.06. The molecule has 1 aromatic carbocycles. The van der Waals surface area contributed by atoms with Crippen molar-refractivity contribution in [3.8, 4) is 5.75 Å². The third-order valence-electron chi connectivity index (χ3n) is 2.72. The summed E-state index contributed by atoms with van der Waals surface area (Å²) in [6.45, 7) is 3.88. The van der Waals surface area contributed by atoms with Crippen LogP contribution in [0.5, 0.6) is 5.75 Å². The summed E-state index contributed by atoms with van der Waals surface area (Å²) in [5, 5.41) is 0. The van der Waals surface area contributed by atoms with Crippen LogP contribution in [0.15, 0.2) is 18.2 Å². The Morgan fingerprint density at radius 1 is 1.30 bits per heavy atom. The highest BCUT2D eigenvalue weighted by molar-refractivity contribution is 9.10. The van der Waals surface area contributed by atoms with Crippen LogP contribution in [-0.4, -0.2) is 17.7 Å². The topological polar surface area (TPSA) is 26.3 Å². The molecule has 1 unspecified atom stereocenters. The van der Waals surface area contributed by atoms with Gasteiger partial charge in [0, 0.05) is 5.56 Å². The van der Waals surface area contributed by atoms with Gasteiger partial charge in [0.15, 0.2) is 5.78 Å². The Balaban J connectivity index is 3.14. The predicted octanol–water partition coefficient (Wildman–Crippen LogP) is 4.71. The minimum absolute atomic E-state index is 0.000741. The first-order valence-corrected chi connectivity index (χ1v) is 7.01. The van der Waals surface area contributed by atoms with Crippen LogP contribution in [0.2, 0.25) is 0 Å². The number of hydrogen-bond acceptors (Lipinski definition) is 2. The third-order valence-corrected chi connectivity index (χ3v) is 3.51. The molecule has 0 aliphatic carbocycles. The lowest BCUT2D eigenvalue weighted by Crippen LogP contribution is -2.17. The van der Waals surface area contributed by atoms with Crippen molar-refractivity contribution in [3.05, 3.63) is 29.3 Å². The molecule has 0 spiro atoms. The normalized spacial score (nSPS) is 13.4. The van der Waals surface area contributed by atoms with E-state index in [1.54, 1.807) is 0 Å². The Bertz CT molecular complexity index is 484. The Morgan fingerprint density at radius 3 is 2.35 bits per heavy atom. The maximum Gasteiger partial charge on any atom is 0.416 e. The van der Waals surface area contributed by atoms with E-state index in [-0.39, 0.29) is 23.0 Å². The summed E-state index contributed by atoms with van der Waals surface area (Å²) in [6.07, 6.45) is -3.96. The second kappa shape index (κ2) is 6.61. The van der Waals surface area contributed by atoms with Gasteiger partial charge in [0.05, 0.1) is 17.5 Å². The molecular formula is C14H16BrF3O2. The van der Waals surface area contributed by atoms with Gasteiger partial charge in [0.1, 0.15) is 5.75 Å². The van der Waals surface area contributed by atoms with Crippen molar-refractivity contribution >= 4 is 21.7 Å². The first-order valence-electron chi connectivity index (χ1n) is 6.09. The molecule has 1 atom stereocenters. The quantitative estimate of drug-likeness (QED) is 0.566. The minimum atomic E-state index is -4.51. The lowest BCUT2D eigenvalue weighted by Gasteiger charge is -2.14. The highest BCUT2D eigenvalue weighted by Crippen LogP contribution is 2.33. The van der Waals surface area contributed by atoms with Crippen molar-refractivity contribution in [2.24, 2.45) is 5.92 Å². The van der Waals surface area contributed by atoms with Crippen molar-refractivity contribution in [2.75, 3.05) is 7.11 Å². The SMILES string of the molecule is COc1cc(C(=O)C(Br)CC(C)C)cc(C(F)(F)F)c1. The molecule has 0 aromatic heterocycles. The van der Waals surface area contributed by atoms with Crippen LogP contribution < -0.4 is 4.74 Å². The van der Waals surface area contributed by atoms with Gasteiger partial charge in [-0.3, -0.25) is 4.79 Å². The molecule has 112 valence electrons. The summed E-state index contributed by atoms with van der Waals surface area (Å²) in [5.74, 6) is -0.0912. The number of rotatable bonds is 5. The van der Waals surface area contributed by atoms with Crippen molar-refractivity contribution in [1.29, 1.82) is 0 Å². The van der Waals surface area contributed by atoms with Gasteiger partial charge in [-0.1, -0.05) is 29.8 Å². The molecule has 0 saturated heterocycles. The summed E-state index contributed by atoms with van der Waals surface area (Å²) in [7, 11) is 1.27. The number of ether oxygens (including phenoxy) is 1. The largest absolute Gasteiger partial charge is 0.497 e. The monoisotopic (exact) mass is 352 g/mol. The molecule has 0 N–H and O–H groups in total. The maximum absolute atomic E-state index is 12.8. The Morgan fingerprint density at radius 2 is 1.90 bits per heavy atom. The lowest BCUT2D eigenvalue weighted by molar-refractivity contribution is -0.137. The first kappa shape index (κ1) is 17.0. The number of halogens is 4. The smallest absolute Gasteiger partial charge is 0.416 e. The van der Waals surface area contributed by atoms with Crippen molar-refractivity contribution < 1.29 is 22.7 Å². The fourth-order valence-electron chi connectivity index (χ4n) is 1.72. The van der Waals surface area contributed by atoms with Gasteiger partial charge in [-0.25, -0.2) is 0 Å². The summed E-state index contributed by atoms with van der Waals surface area (Å²) in [4.78, 5) is 11.7. The van der Waals surface area contributed by atoms with Crippen LogP contribution in [0.25, 0.3) is 0 Å². The van der Waals surface area contributed by atoms with Gasteiger partial charge >= 0.3 is 6.18 Å². The second-order valence-corrected chi connectivity index (χ2v) is 6.01. The van der Waals surface area contributed by atoms with Crippen molar-refractivity contribution in [1.82, 2.24) is 0 Å². The number of benzene rings is 1. The molecule has 0 bridgehead atoms. The molecule has 0 radical (unpaired) electrons. The molecule has 6 heteroatoms. The van der Waals surface area contributed by atoms with Gasteiger partial charge < -0.3 is 4.74 Å². The predicted molar refractivity (Wildman–Crippen MR) is 74.5 cm³/mol. The molecular weight excluding hydrogens is 337 g/mol. The van der Waals surface area contributed by atoms with Gasteiger partial charge in [-0.15, -0.1) is 0 Å². The lowest BCUT2D eigenvalue weighted by atomic mass is 9.99. The number of hydrogen-bond donors (Lipinski definition) is 0. The Labute approximate surface area is 124 Å². The van der Waals surface area contributed by atoms with E-state index in [9.17, 15) is 18.0 Å². The number of Topliss-reactive ketones (excluding diaryl/α,β-unsaturated/α-hetero) is 1. The number of alkyl halides is 4. The second-order valence-electron chi connectivity index (χ2n) is 4.91. The molecule has 0 heterocycles. The average molecular weight is 353 g/mol. The van der Waals surface area contributed by atoms with E-state index in [0.29, 0.717) is 6.42 Å². The molecule has 1 aromatic rings. The van der Waals surface area contributed by atoms with Gasteiger partial charge in [0.2, 0.25) is 0 Å². The molecule has 0 fully saturated rings. The third kappa shape index (κ3) is 4.51. The molecule has 0 saturated carbocycles. The number of carbonyl (C=O) groups is 1. The summed E-state index contributed by atoms with van der Waals surface area (Å²) in [5.41, 5.74) is -0.886. The van der Waals surface area contributed by atoms with Crippen LogP contribution in [0.3, 0.4) is 0 Å². The molecule has 0 aliphatic heterocycles. The highest BCUT2D eigenvalue weighted by Gasteiger charge is 2.32. The van der Waals surface area contributed by atoms with E-state index in [2.05, 4.69) is 15.9 Å². The van der Waals surface area contributed by atoms with E-state index in [0.717, 1.165) is 12.1 Å². The molecule has 1 rings (SSSR count). The zero-order valence-corrected chi connectivity index (χ0v) is 13.0. The van der Waals surface area contributed by atoms with Gasteiger partial charge in [-0.05, 0) is 30.5 Å². The minimum Gasteiger partial charge on any atom is -0.497 e. The highest BCUT2D eigenvalue weighted by atomic mass is 79.9. The van der Waals surface area contributed by atoms with E-state index in [1.807, 2.05) is 13.8 Å². The van der Waals surface area contributed by atoms with Crippen LogP contribution in [0.1, 0.15) is 36.2 Å². The van der Waals surface area contributed by atoms with Crippen molar-refractivity contribution in [3.63, 3.8) is 0 Å². The number of methoxy groups -OCH3 is 1. The van der Waals surface area contributed by atoms with Crippen LogP contribution >= 0.6 is 15.9 Å². The zero-order chi connectivity index (χ0) is 15.5. The molecule has 2 nitrogen and oxygen atoms in total. The van der Waals surface area contributed by atoms with Crippen LogP contribution in [0.4, 0.5) is 13.2 Å². The summed E-state index contributed by atoms with van der Waals surface area (Å²) < 4.78 is 43.2. The zero-order valence-electron chi connectivity index (χ0n) is 11.4. The van der Waals surface area contributed by atoms with Crippen molar-refractivity contribution in [2.45, 2.75) is 31.3 Å². The average Bonchev–Trinajstić information content (AvgIpc) is 2.35. The van der Waals surface area contributed by atoms with E-state index >= 15 is 0 Å². The number of ketones is 1. The standard InChI is InChI=1S/C14H16BrF3O2/c1-8(2)4-12(15)13(19)9-5-10(14(16,17)18)7-11(6-9)20-3/h5-8,12H,4H2,1-3H3. The van der Waals surface area contributed by atoms with E-state index in [1.165, 1.54) is 13.2 Å². The van der Waals surface area contributed by atoms with E-state index in [4.69, 9.17) is 4.74 Å². The number of carbonyl (C=O) groups excluding carboxylic acids is 1. The molecule has 0 amide bonds. The molecule has 20 heavy (non-hydrogen) atoms. The Hall–Kier alpha value is -1.04. The first-order chi connectivity index (χ1) is 9.15. The summed E-state index contributed by atoms with van der Waals surface area (Å²) >= 11 is 3.23. The van der Waals surface area contributed by atoms with Crippen LogP contribution in [-0.2, 0) is 6.18 Å². The van der Waals surface area contributed by atoms with Crippen LogP contribution in [0, 0.1) is 5.92 Å². The Kier molecular flexibility index (Phi) is 5.62. The van der Waals surface area contributed by atoms with Gasteiger partial charge in [0.25, 0.3) is 0 Å². The fourth-order valence-corrected chi connectivity index (χ4v) is 2.74. The van der Waals surface area contributed by atoms with Gasteiger partial charge in [-0.2, -0.15) is 13.2 Å². The maximum atomic E-state index is 12.8. The molecule has 0 aliphatic rings. The fraction of sp³-hybridized carbons (Fsp3) is 0.500.